The summed E-state index contributed by atoms with van der Waals surface area (Å²) in [6.45, 7) is 5.14. The number of nitrogens with zero attached hydrogens (tertiary/aromatic N) is 3. The van der Waals surface area contributed by atoms with E-state index in [2.05, 4.69) is 53.7 Å². The molecule has 1 N–H and O–H groups in total. The van der Waals surface area contributed by atoms with Crippen molar-refractivity contribution in [2.24, 2.45) is 0 Å². The van der Waals surface area contributed by atoms with Crippen LogP contribution < -0.4 is 5.32 Å². The highest BCUT2D eigenvalue weighted by Gasteiger charge is 2.07. The second-order valence-electron chi connectivity index (χ2n) is 4.42. The van der Waals surface area contributed by atoms with Crippen molar-refractivity contribution in [2.75, 3.05) is 7.05 Å². The van der Waals surface area contributed by atoms with Gasteiger partial charge in [-0.25, -0.2) is 4.68 Å². The minimum absolute atomic E-state index is 0.520. The summed E-state index contributed by atoms with van der Waals surface area (Å²) < 4.78 is 1.88. The van der Waals surface area contributed by atoms with E-state index in [1.165, 1.54) is 5.56 Å². The third-order valence-corrected chi connectivity index (χ3v) is 2.76. The topological polar surface area (TPSA) is 42.7 Å². The molecule has 0 saturated heterocycles. The van der Waals surface area contributed by atoms with Crippen LogP contribution in [0.3, 0.4) is 0 Å². The van der Waals surface area contributed by atoms with Crippen molar-refractivity contribution in [3.63, 3.8) is 0 Å². The molecule has 0 aliphatic carbocycles. The molecule has 17 heavy (non-hydrogen) atoms. The van der Waals surface area contributed by atoms with E-state index in [0.717, 1.165) is 17.9 Å². The van der Waals surface area contributed by atoms with E-state index in [-0.39, 0.29) is 0 Å². The molecule has 0 aliphatic rings. The van der Waals surface area contributed by atoms with E-state index in [9.17, 15) is 0 Å². The van der Waals surface area contributed by atoms with Crippen molar-refractivity contribution < 1.29 is 0 Å². The van der Waals surface area contributed by atoms with Crippen LogP contribution in [0.25, 0.3) is 5.69 Å². The summed E-state index contributed by atoms with van der Waals surface area (Å²) in [7, 11) is 1.92. The Morgan fingerprint density at radius 3 is 2.88 bits per heavy atom. The number of hydrogen-bond donors (Lipinski definition) is 1. The molecule has 2 aromatic rings. The molecule has 0 atom stereocenters. The van der Waals surface area contributed by atoms with Crippen LogP contribution in [0.4, 0.5) is 0 Å². The monoisotopic (exact) mass is 230 g/mol. The Morgan fingerprint density at radius 1 is 1.35 bits per heavy atom. The van der Waals surface area contributed by atoms with Crippen LogP contribution in [-0.4, -0.2) is 22.0 Å². The maximum atomic E-state index is 4.13. The predicted octanol–water partition coefficient (Wildman–Crippen LogP) is 2.11. The van der Waals surface area contributed by atoms with Gasteiger partial charge in [0.15, 0.2) is 0 Å². The fraction of sp³-hybridized carbons (Fsp3) is 0.385. The van der Waals surface area contributed by atoms with Gasteiger partial charge in [0.1, 0.15) is 0 Å². The first-order valence-electron chi connectivity index (χ1n) is 5.87. The zero-order valence-corrected chi connectivity index (χ0v) is 10.5. The van der Waals surface area contributed by atoms with Crippen LogP contribution in [-0.2, 0) is 6.54 Å². The quantitative estimate of drug-likeness (QED) is 0.874. The van der Waals surface area contributed by atoms with Crippen molar-refractivity contribution in [3.8, 4) is 5.69 Å². The Hall–Kier alpha value is -1.68. The molecule has 0 unspecified atom stereocenters. The van der Waals surface area contributed by atoms with Gasteiger partial charge in [-0.3, -0.25) is 0 Å². The molecular formula is C13H18N4. The van der Waals surface area contributed by atoms with E-state index < -0.39 is 0 Å². The summed E-state index contributed by atoms with van der Waals surface area (Å²) in [5.74, 6) is 0.520. The summed E-state index contributed by atoms with van der Waals surface area (Å²) in [4.78, 5) is 0. The highest BCUT2D eigenvalue weighted by Crippen LogP contribution is 2.18. The van der Waals surface area contributed by atoms with Crippen molar-refractivity contribution in [2.45, 2.75) is 26.3 Å². The van der Waals surface area contributed by atoms with Crippen LogP contribution in [0.1, 0.15) is 31.0 Å². The summed E-state index contributed by atoms with van der Waals surface area (Å²) in [5, 5.41) is 11.2. The smallest absolute Gasteiger partial charge is 0.0783 e. The molecule has 4 heteroatoms. The van der Waals surface area contributed by atoms with Gasteiger partial charge in [-0.2, -0.15) is 0 Å². The first-order chi connectivity index (χ1) is 8.22. The Morgan fingerprint density at radius 2 is 2.18 bits per heavy atom. The van der Waals surface area contributed by atoms with E-state index in [1.54, 1.807) is 6.20 Å². The van der Waals surface area contributed by atoms with E-state index in [4.69, 9.17) is 0 Å². The molecule has 1 heterocycles. The highest BCUT2D eigenvalue weighted by molar-refractivity contribution is 5.37. The fourth-order valence-corrected chi connectivity index (χ4v) is 1.79. The van der Waals surface area contributed by atoms with Gasteiger partial charge in [0.05, 0.1) is 17.6 Å². The number of rotatable bonds is 4. The summed E-state index contributed by atoms with van der Waals surface area (Å²) in [6, 6.07) is 8.43. The molecule has 90 valence electrons. The highest BCUT2D eigenvalue weighted by atomic mass is 15.4. The maximum absolute atomic E-state index is 4.13. The van der Waals surface area contributed by atoms with E-state index >= 15 is 0 Å². The summed E-state index contributed by atoms with van der Waals surface area (Å²) in [6.07, 6.45) is 1.79. The predicted molar refractivity (Wildman–Crippen MR) is 68.2 cm³/mol. The minimum Gasteiger partial charge on any atom is -0.314 e. The maximum Gasteiger partial charge on any atom is 0.0783 e. The van der Waals surface area contributed by atoms with Crippen molar-refractivity contribution in [3.05, 3.63) is 41.7 Å². The summed E-state index contributed by atoms with van der Waals surface area (Å²) >= 11 is 0. The van der Waals surface area contributed by atoms with Crippen LogP contribution in [0.5, 0.6) is 0 Å². The zero-order chi connectivity index (χ0) is 12.3. The molecule has 0 saturated carbocycles. The van der Waals surface area contributed by atoms with Gasteiger partial charge in [-0.1, -0.05) is 31.2 Å². The Kier molecular flexibility index (Phi) is 3.54. The van der Waals surface area contributed by atoms with Gasteiger partial charge in [0.2, 0.25) is 0 Å². The van der Waals surface area contributed by atoms with E-state index in [1.807, 2.05) is 11.7 Å². The zero-order valence-electron chi connectivity index (χ0n) is 10.5. The van der Waals surface area contributed by atoms with Gasteiger partial charge in [0, 0.05) is 6.54 Å². The first kappa shape index (κ1) is 11.8. The number of hydrogen-bond acceptors (Lipinski definition) is 3. The van der Waals surface area contributed by atoms with Gasteiger partial charge in [0.25, 0.3) is 0 Å². The molecule has 0 spiro atoms. The van der Waals surface area contributed by atoms with Crippen molar-refractivity contribution in [1.29, 1.82) is 0 Å². The van der Waals surface area contributed by atoms with Crippen LogP contribution in [0, 0.1) is 0 Å². The molecule has 1 aromatic carbocycles. The molecule has 1 aromatic heterocycles. The van der Waals surface area contributed by atoms with Gasteiger partial charge in [-0.05, 0) is 30.7 Å². The molecule has 0 aliphatic heterocycles. The van der Waals surface area contributed by atoms with Crippen LogP contribution in [0.15, 0.2) is 30.5 Å². The van der Waals surface area contributed by atoms with Crippen LogP contribution in [0.2, 0.25) is 0 Å². The lowest BCUT2D eigenvalue weighted by atomic mass is 10.0. The van der Waals surface area contributed by atoms with Crippen molar-refractivity contribution in [1.82, 2.24) is 20.3 Å². The Balaban J connectivity index is 2.38. The van der Waals surface area contributed by atoms with Gasteiger partial charge in [-0.15, -0.1) is 5.10 Å². The lowest BCUT2D eigenvalue weighted by Crippen LogP contribution is -2.11. The molecule has 0 radical (unpaired) electrons. The summed E-state index contributed by atoms with van der Waals surface area (Å²) in [5.41, 5.74) is 3.45. The number of aromatic nitrogens is 3. The van der Waals surface area contributed by atoms with Gasteiger partial charge < -0.3 is 5.32 Å². The lowest BCUT2D eigenvalue weighted by Gasteiger charge is -2.09. The molecule has 2 rings (SSSR count). The average molecular weight is 230 g/mol. The first-order valence-corrected chi connectivity index (χ1v) is 5.87. The number of benzene rings is 1. The molecular weight excluding hydrogens is 212 g/mol. The molecule has 4 nitrogen and oxygen atoms in total. The van der Waals surface area contributed by atoms with Crippen LogP contribution >= 0.6 is 0 Å². The SMILES string of the molecule is CNCc1cnnn1-c1cccc(C(C)C)c1. The molecule has 0 fully saturated rings. The standard InChI is InChI=1S/C13H18N4/c1-10(2)11-5-4-6-12(7-11)17-13(8-14-3)9-15-16-17/h4-7,9-10,14H,8H2,1-3H3. The van der Waals surface area contributed by atoms with Gasteiger partial charge >= 0.3 is 0 Å². The number of nitrogens with one attached hydrogen (secondary N) is 1. The normalized spacial score (nSPS) is 11.1. The largest absolute Gasteiger partial charge is 0.314 e. The Labute approximate surface area is 102 Å². The molecule has 0 amide bonds. The average Bonchev–Trinajstić information content (AvgIpc) is 2.78. The fourth-order valence-electron chi connectivity index (χ4n) is 1.79. The second-order valence-corrected chi connectivity index (χ2v) is 4.42. The Bertz CT molecular complexity index is 488. The van der Waals surface area contributed by atoms with Crippen molar-refractivity contribution >= 4 is 0 Å². The lowest BCUT2D eigenvalue weighted by molar-refractivity contribution is 0.712. The second kappa shape index (κ2) is 5.10. The van der Waals surface area contributed by atoms with E-state index in [0.29, 0.717) is 5.92 Å². The third kappa shape index (κ3) is 2.53. The molecule has 0 bridgehead atoms. The minimum atomic E-state index is 0.520. The third-order valence-electron chi connectivity index (χ3n) is 2.76.